The Labute approximate surface area is 140 Å². The summed E-state index contributed by atoms with van der Waals surface area (Å²) in [7, 11) is 1.52. The van der Waals surface area contributed by atoms with Gasteiger partial charge in [-0.15, -0.1) is 0 Å². The molecule has 106 valence electrons. The summed E-state index contributed by atoms with van der Waals surface area (Å²) in [5.41, 5.74) is 1.06. The molecule has 0 amide bonds. The zero-order chi connectivity index (χ0) is 14.9. The summed E-state index contributed by atoms with van der Waals surface area (Å²) in [4.78, 5) is 0. The molecule has 1 N–H and O–H groups in total. The van der Waals surface area contributed by atoms with Crippen molar-refractivity contribution >= 4 is 50.7 Å². The van der Waals surface area contributed by atoms with E-state index in [1.165, 1.54) is 7.11 Å². The van der Waals surface area contributed by atoms with Crippen LogP contribution in [0.4, 0.5) is 0 Å². The molecule has 0 radical (unpaired) electrons. The highest BCUT2D eigenvalue weighted by Gasteiger charge is 2.20. The molecule has 0 aromatic heterocycles. The Bertz CT molecular complexity index is 647. The fourth-order valence-electron chi connectivity index (χ4n) is 1.89. The highest BCUT2D eigenvalue weighted by molar-refractivity contribution is 9.10. The molecule has 0 spiro atoms. The maximum atomic E-state index is 10.5. The van der Waals surface area contributed by atoms with Crippen molar-refractivity contribution < 1.29 is 9.84 Å². The van der Waals surface area contributed by atoms with Crippen LogP contribution in [-0.4, -0.2) is 12.2 Å². The van der Waals surface area contributed by atoms with E-state index in [1.54, 1.807) is 30.3 Å². The van der Waals surface area contributed by atoms with Gasteiger partial charge in [-0.2, -0.15) is 0 Å². The van der Waals surface area contributed by atoms with E-state index in [4.69, 9.17) is 39.5 Å². The lowest BCUT2D eigenvalue weighted by molar-refractivity contribution is 0.214. The number of rotatable bonds is 3. The monoisotopic (exact) mass is 394 g/mol. The number of hydrogen-bond donors (Lipinski definition) is 1. The molecule has 20 heavy (non-hydrogen) atoms. The first-order valence-electron chi connectivity index (χ1n) is 5.60. The largest absolute Gasteiger partial charge is 0.495 e. The minimum Gasteiger partial charge on any atom is -0.495 e. The molecule has 0 aliphatic heterocycles. The molecule has 2 rings (SSSR count). The third-order valence-corrected chi connectivity index (χ3v) is 4.16. The summed E-state index contributed by atoms with van der Waals surface area (Å²) >= 11 is 21.4. The average Bonchev–Trinajstić information content (AvgIpc) is 2.37. The topological polar surface area (TPSA) is 29.5 Å². The van der Waals surface area contributed by atoms with Crippen LogP contribution in [0.5, 0.6) is 5.75 Å². The van der Waals surface area contributed by atoms with E-state index in [-0.39, 0.29) is 0 Å². The fraction of sp³-hybridized carbons (Fsp3) is 0.143. The number of methoxy groups -OCH3 is 1. The Morgan fingerprint density at radius 1 is 1.05 bits per heavy atom. The van der Waals surface area contributed by atoms with E-state index in [0.717, 1.165) is 0 Å². The standard InChI is InChI=1S/C14H10BrCl3O2/c1-20-14-10(4-8(17)5-11(14)15)13(19)9-3-2-7(16)6-12(9)18/h2-6,13,19H,1H3. The zero-order valence-electron chi connectivity index (χ0n) is 10.3. The van der Waals surface area contributed by atoms with Crippen LogP contribution in [0.2, 0.25) is 15.1 Å². The molecule has 6 heteroatoms. The molecule has 2 nitrogen and oxygen atoms in total. The minimum atomic E-state index is -0.968. The third kappa shape index (κ3) is 3.23. The Hall–Kier alpha value is -0.450. The van der Waals surface area contributed by atoms with Gasteiger partial charge >= 0.3 is 0 Å². The summed E-state index contributed by atoms with van der Waals surface area (Å²) < 4.78 is 5.96. The first kappa shape index (κ1) is 15.9. The second kappa shape index (κ2) is 6.54. The van der Waals surface area contributed by atoms with Crippen LogP contribution in [0.3, 0.4) is 0 Å². The predicted molar refractivity (Wildman–Crippen MR) is 86.2 cm³/mol. The van der Waals surface area contributed by atoms with Crippen LogP contribution in [0.25, 0.3) is 0 Å². The van der Waals surface area contributed by atoms with Crippen LogP contribution >= 0.6 is 50.7 Å². The molecule has 1 atom stereocenters. The van der Waals surface area contributed by atoms with Gasteiger partial charge in [0.2, 0.25) is 0 Å². The van der Waals surface area contributed by atoms with Crippen LogP contribution in [0.1, 0.15) is 17.2 Å². The summed E-state index contributed by atoms with van der Waals surface area (Å²) in [5, 5.41) is 11.9. The summed E-state index contributed by atoms with van der Waals surface area (Å²) in [6, 6.07) is 8.25. The van der Waals surface area contributed by atoms with Gasteiger partial charge in [0.1, 0.15) is 11.9 Å². The number of ether oxygens (including phenoxy) is 1. The normalized spacial score (nSPS) is 12.3. The SMILES string of the molecule is COc1c(Br)cc(Cl)cc1C(O)c1ccc(Cl)cc1Cl. The Morgan fingerprint density at radius 2 is 1.75 bits per heavy atom. The first-order valence-corrected chi connectivity index (χ1v) is 7.52. The van der Waals surface area contributed by atoms with Gasteiger partial charge in [0, 0.05) is 26.2 Å². The molecule has 2 aromatic rings. The van der Waals surface area contributed by atoms with Gasteiger partial charge in [-0.25, -0.2) is 0 Å². The van der Waals surface area contributed by atoms with E-state index in [1.807, 2.05) is 0 Å². The molecule has 0 aliphatic rings. The lowest BCUT2D eigenvalue weighted by Gasteiger charge is -2.18. The lowest BCUT2D eigenvalue weighted by Crippen LogP contribution is -2.04. The Kier molecular flexibility index (Phi) is 5.21. The van der Waals surface area contributed by atoms with Crippen molar-refractivity contribution in [1.29, 1.82) is 0 Å². The first-order chi connectivity index (χ1) is 9.43. The number of aliphatic hydroxyl groups is 1. The molecule has 0 aliphatic carbocycles. The second-order valence-corrected chi connectivity index (χ2v) is 6.21. The fourth-order valence-corrected chi connectivity index (χ4v) is 3.40. The van der Waals surface area contributed by atoms with Gasteiger partial charge in [-0.1, -0.05) is 40.9 Å². The van der Waals surface area contributed by atoms with E-state index in [9.17, 15) is 5.11 Å². The maximum Gasteiger partial charge on any atom is 0.139 e. The lowest BCUT2D eigenvalue weighted by atomic mass is 10.0. The van der Waals surface area contributed by atoms with E-state index < -0.39 is 6.10 Å². The van der Waals surface area contributed by atoms with Gasteiger partial charge < -0.3 is 9.84 Å². The molecule has 0 bridgehead atoms. The molecule has 1 unspecified atom stereocenters. The van der Waals surface area contributed by atoms with Crippen molar-refractivity contribution in [3.63, 3.8) is 0 Å². The molecule has 0 heterocycles. The van der Waals surface area contributed by atoms with Crippen LogP contribution in [0, 0.1) is 0 Å². The highest BCUT2D eigenvalue weighted by atomic mass is 79.9. The van der Waals surface area contributed by atoms with Gasteiger partial charge in [-0.3, -0.25) is 0 Å². The zero-order valence-corrected chi connectivity index (χ0v) is 14.2. The number of aliphatic hydroxyl groups excluding tert-OH is 1. The number of halogens is 4. The van der Waals surface area contributed by atoms with Crippen molar-refractivity contribution in [3.8, 4) is 5.75 Å². The molecule has 0 saturated carbocycles. The number of benzene rings is 2. The summed E-state index contributed by atoms with van der Waals surface area (Å²) in [5.74, 6) is 0.507. The Balaban J connectivity index is 2.55. The molecule has 2 aromatic carbocycles. The van der Waals surface area contributed by atoms with Crippen LogP contribution in [-0.2, 0) is 0 Å². The molecule has 0 fully saturated rings. The summed E-state index contributed by atoms with van der Waals surface area (Å²) in [6.45, 7) is 0. The van der Waals surface area contributed by atoms with Gasteiger partial charge in [0.15, 0.2) is 0 Å². The van der Waals surface area contributed by atoms with Crippen LogP contribution < -0.4 is 4.74 Å². The summed E-state index contributed by atoms with van der Waals surface area (Å²) in [6.07, 6.45) is -0.968. The minimum absolute atomic E-state index is 0.378. The van der Waals surface area contributed by atoms with Crippen molar-refractivity contribution in [2.75, 3.05) is 7.11 Å². The van der Waals surface area contributed by atoms with E-state index in [2.05, 4.69) is 15.9 Å². The van der Waals surface area contributed by atoms with Crippen LogP contribution in [0.15, 0.2) is 34.8 Å². The van der Waals surface area contributed by atoms with Gasteiger partial charge in [-0.05, 0) is 40.2 Å². The van der Waals surface area contributed by atoms with Crippen molar-refractivity contribution in [2.45, 2.75) is 6.10 Å². The van der Waals surface area contributed by atoms with E-state index in [0.29, 0.717) is 36.4 Å². The van der Waals surface area contributed by atoms with Gasteiger partial charge in [0.05, 0.1) is 11.6 Å². The molecule has 0 saturated heterocycles. The van der Waals surface area contributed by atoms with Gasteiger partial charge in [0.25, 0.3) is 0 Å². The predicted octanol–water partition coefficient (Wildman–Crippen LogP) is 5.50. The second-order valence-electron chi connectivity index (χ2n) is 4.08. The molecular formula is C14H10BrCl3O2. The average molecular weight is 396 g/mol. The quantitative estimate of drug-likeness (QED) is 0.742. The Morgan fingerprint density at radius 3 is 2.35 bits per heavy atom. The van der Waals surface area contributed by atoms with Crippen molar-refractivity contribution in [1.82, 2.24) is 0 Å². The number of hydrogen-bond acceptors (Lipinski definition) is 2. The molecular weight excluding hydrogens is 386 g/mol. The van der Waals surface area contributed by atoms with Crippen molar-refractivity contribution in [2.24, 2.45) is 0 Å². The van der Waals surface area contributed by atoms with Crippen molar-refractivity contribution in [3.05, 3.63) is 61.0 Å². The van der Waals surface area contributed by atoms with E-state index >= 15 is 0 Å². The smallest absolute Gasteiger partial charge is 0.139 e. The maximum absolute atomic E-state index is 10.5. The third-order valence-electron chi connectivity index (χ3n) is 2.79. The highest BCUT2D eigenvalue weighted by Crippen LogP contribution is 2.40.